The van der Waals surface area contributed by atoms with Crippen molar-refractivity contribution in [2.75, 3.05) is 13.1 Å². The second-order valence-corrected chi connectivity index (χ2v) is 7.37. The Morgan fingerprint density at radius 1 is 1.25 bits per heavy atom. The SMILES string of the molecule is CC(C)n1ncc(Br)c1C(O)C(C)(C)N1CCCCC1. The van der Waals surface area contributed by atoms with Gasteiger partial charge in [0, 0.05) is 11.6 Å². The van der Waals surface area contributed by atoms with Crippen molar-refractivity contribution < 1.29 is 5.11 Å². The van der Waals surface area contributed by atoms with Crippen LogP contribution in [0.3, 0.4) is 0 Å². The molecule has 1 aliphatic rings. The van der Waals surface area contributed by atoms with Gasteiger partial charge in [0.05, 0.1) is 16.4 Å². The van der Waals surface area contributed by atoms with Gasteiger partial charge in [-0.15, -0.1) is 0 Å². The van der Waals surface area contributed by atoms with E-state index in [1.165, 1.54) is 19.3 Å². The highest BCUT2D eigenvalue weighted by atomic mass is 79.9. The van der Waals surface area contributed by atoms with Gasteiger partial charge in [0.15, 0.2) is 0 Å². The monoisotopic (exact) mass is 343 g/mol. The van der Waals surface area contributed by atoms with E-state index < -0.39 is 6.10 Å². The molecule has 2 heterocycles. The van der Waals surface area contributed by atoms with Crippen LogP contribution in [-0.2, 0) is 0 Å². The predicted molar refractivity (Wildman–Crippen MR) is 84.8 cm³/mol. The van der Waals surface area contributed by atoms with Crippen molar-refractivity contribution in [3.63, 3.8) is 0 Å². The van der Waals surface area contributed by atoms with E-state index in [9.17, 15) is 5.11 Å². The van der Waals surface area contributed by atoms with Crippen molar-refractivity contribution in [3.05, 3.63) is 16.4 Å². The second-order valence-electron chi connectivity index (χ2n) is 6.52. The van der Waals surface area contributed by atoms with Gasteiger partial charge in [-0.3, -0.25) is 9.58 Å². The third-order valence-corrected chi connectivity index (χ3v) is 4.99. The number of hydrogen-bond acceptors (Lipinski definition) is 3. The molecule has 0 bridgehead atoms. The van der Waals surface area contributed by atoms with Gasteiger partial charge in [0.1, 0.15) is 6.10 Å². The molecule has 1 unspecified atom stereocenters. The highest BCUT2D eigenvalue weighted by Crippen LogP contribution is 2.37. The van der Waals surface area contributed by atoms with Crippen molar-refractivity contribution >= 4 is 15.9 Å². The zero-order valence-electron chi connectivity index (χ0n) is 12.9. The minimum absolute atomic E-state index is 0.239. The predicted octanol–water partition coefficient (Wildman–Crippen LogP) is 3.52. The zero-order valence-corrected chi connectivity index (χ0v) is 14.5. The number of aliphatic hydroxyl groups excluding tert-OH is 1. The number of aliphatic hydroxyl groups is 1. The first-order valence-electron chi connectivity index (χ1n) is 7.51. The Hall–Kier alpha value is -0.390. The van der Waals surface area contributed by atoms with Crippen molar-refractivity contribution in [2.45, 2.75) is 64.6 Å². The molecule has 1 aromatic rings. The maximum atomic E-state index is 11.0. The van der Waals surface area contributed by atoms with Crippen LogP contribution >= 0.6 is 15.9 Å². The van der Waals surface area contributed by atoms with E-state index in [0.29, 0.717) is 0 Å². The van der Waals surface area contributed by atoms with Gasteiger partial charge >= 0.3 is 0 Å². The minimum Gasteiger partial charge on any atom is -0.385 e. The molecule has 0 amide bonds. The molecular weight excluding hydrogens is 318 g/mol. The normalized spacial score (nSPS) is 19.6. The molecule has 1 atom stereocenters. The van der Waals surface area contributed by atoms with Crippen LogP contribution < -0.4 is 0 Å². The summed E-state index contributed by atoms with van der Waals surface area (Å²) in [6, 6.07) is 0.239. The standard InChI is InChI=1S/C15H26BrN3O/c1-11(2)19-13(12(16)10-17-19)14(20)15(3,4)18-8-6-5-7-9-18/h10-11,14,20H,5-9H2,1-4H3. The largest absolute Gasteiger partial charge is 0.385 e. The highest BCUT2D eigenvalue weighted by Gasteiger charge is 2.38. The van der Waals surface area contributed by atoms with Crippen LogP contribution in [0.4, 0.5) is 0 Å². The number of halogens is 1. The van der Waals surface area contributed by atoms with Crippen molar-refractivity contribution in [3.8, 4) is 0 Å². The van der Waals surface area contributed by atoms with E-state index >= 15 is 0 Å². The number of rotatable bonds is 4. The number of aromatic nitrogens is 2. The summed E-state index contributed by atoms with van der Waals surface area (Å²) < 4.78 is 2.81. The van der Waals surface area contributed by atoms with Gasteiger partial charge in [-0.25, -0.2) is 0 Å². The summed E-state index contributed by atoms with van der Waals surface area (Å²) in [5, 5.41) is 15.4. The third-order valence-electron chi connectivity index (χ3n) is 4.38. The van der Waals surface area contributed by atoms with Gasteiger partial charge in [0.25, 0.3) is 0 Å². The molecule has 0 radical (unpaired) electrons. The molecule has 4 nitrogen and oxygen atoms in total. The first-order valence-corrected chi connectivity index (χ1v) is 8.31. The van der Waals surface area contributed by atoms with Crippen LogP contribution in [0.25, 0.3) is 0 Å². The summed E-state index contributed by atoms with van der Waals surface area (Å²) in [5.41, 5.74) is 0.603. The second kappa shape index (κ2) is 6.16. The van der Waals surface area contributed by atoms with Crippen molar-refractivity contribution in [1.29, 1.82) is 0 Å². The average Bonchev–Trinajstić information content (AvgIpc) is 2.80. The molecule has 0 spiro atoms. The van der Waals surface area contributed by atoms with Gasteiger partial charge in [-0.2, -0.15) is 5.10 Å². The van der Waals surface area contributed by atoms with Gasteiger partial charge in [-0.1, -0.05) is 6.42 Å². The fraction of sp³-hybridized carbons (Fsp3) is 0.800. The molecule has 20 heavy (non-hydrogen) atoms. The van der Waals surface area contributed by atoms with E-state index in [2.05, 4.69) is 53.6 Å². The fourth-order valence-corrected chi connectivity index (χ4v) is 3.49. The molecule has 1 aliphatic heterocycles. The zero-order chi connectivity index (χ0) is 14.9. The Kier molecular flexibility index (Phi) is 4.92. The summed E-state index contributed by atoms with van der Waals surface area (Å²) in [6.45, 7) is 10.6. The molecule has 1 fully saturated rings. The Bertz CT molecular complexity index is 450. The van der Waals surface area contributed by atoms with E-state index in [1.54, 1.807) is 6.20 Å². The molecule has 1 N–H and O–H groups in total. The molecule has 0 aromatic carbocycles. The lowest BCUT2D eigenvalue weighted by Crippen LogP contribution is -2.51. The number of nitrogens with zero attached hydrogens (tertiary/aromatic N) is 3. The first kappa shape index (κ1) is 16.0. The molecule has 0 aliphatic carbocycles. The van der Waals surface area contributed by atoms with E-state index in [0.717, 1.165) is 23.3 Å². The molecule has 1 saturated heterocycles. The van der Waals surface area contributed by atoms with Crippen LogP contribution in [0.5, 0.6) is 0 Å². The molecule has 2 rings (SSSR count). The molecular formula is C15H26BrN3O. The van der Waals surface area contributed by atoms with Crippen LogP contribution in [0.1, 0.15) is 64.8 Å². The van der Waals surface area contributed by atoms with Crippen LogP contribution in [-0.4, -0.2) is 38.4 Å². The van der Waals surface area contributed by atoms with Gasteiger partial charge in [0.2, 0.25) is 0 Å². The first-order chi connectivity index (χ1) is 9.35. The van der Waals surface area contributed by atoms with Crippen molar-refractivity contribution in [1.82, 2.24) is 14.7 Å². The summed E-state index contributed by atoms with van der Waals surface area (Å²) in [5.74, 6) is 0. The summed E-state index contributed by atoms with van der Waals surface area (Å²) in [6.07, 6.45) is 4.97. The lowest BCUT2D eigenvalue weighted by molar-refractivity contribution is -0.0259. The lowest BCUT2D eigenvalue weighted by atomic mass is 9.90. The van der Waals surface area contributed by atoms with E-state index in [1.807, 2.05) is 4.68 Å². The topological polar surface area (TPSA) is 41.3 Å². The Balaban J connectivity index is 2.29. The van der Waals surface area contributed by atoms with E-state index in [-0.39, 0.29) is 11.6 Å². The number of piperidine rings is 1. The van der Waals surface area contributed by atoms with E-state index in [4.69, 9.17) is 0 Å². The van der Waals surface area contributed by atoms with Crippen LogP contribution in [0.2, 0.25) is 0 Å². The lowest BCUT2D eigenvalue weighted by Gasteiger charge is -2.44. The summed E-state index contributed by atoms with van der Waals surface area (Å²) in [4.78, 5) is 2.41. The van der Waals surface area contributed by atoms with Crippen molar-refractivity contribution in [2.24, 2.45) is 0 Å². The van der Waals surface area contributed by atoms with Crippen LogP contribution in [0.15, 0.2) is 10.7 Å². The number of hydrogen-bond donors (Lipinski definition) is 1. The Morgan fingerprint density at radius 3 is 2.40 bits per heavy atom. The Morgan fingerprint density at radius 2 is 1.85 bits per heavy atom. The third kappa shape index (κ3) is 2.95. The molecule has 0 saturated carbocycles. The van der Waals surface area contributed by atoms with Gasteiger partial charge in [-0.05, 0) is 69.6 Å². The molecule has 1 aromatic heterocycles. The van der Waals surface area contributed by atoms with Crippen LogP contribution in [0, 0.1) is 0 Å². The fourth-order valence-electron chi connectivity index (χ4n) is 3.00. The quantitative estimate of drug-likeness (QED) is 0.909. The Labute approximate surface area is 130 Å². The highest BCUT2D eigenvalue weighted by molar-refractivity contribution is 9.10. The minimum atomic E-state index is -0.556. The maximum Gasteiger partial charge on any atom is 0.115 e. The summed E-state index contributed by atoms with van der Waals surface area (Å²) in [7, 11) is 0. The number of likely N-dealkylation sites (tertiary alicyclic amines) is 1. The van der Waals surface area contributed by atoms with Gasteiger partial charge < -0.3 is 5.11 Å². The smallest absolute Gasteiger partial charge is 0.115 e. The molecule has 5 heteroatoms. The maximum absolute atomic E-state index is 11.0. The molecule has 114 valence electrons. The summed E-state index contributed by atoms with van der Waals surface area (Å²) >= 11 is 3.54. The average molecular weight is 344 g/mol.